The smallest absolute Gasteiger partial charge is 0.503 e. The monoisotopic (exact) mass is 195 g/mol. The molecule has 1 N–H and O–H groups in total. The molecule has 0 rings (SSSR count). The first kappa shape index (κ1) is 16.2. The van der Waals surface area contributed by atoms with Gasteiger partial charge in [-0.05, 0) is 0 Å². The van der Waals surface area contributed by atoms with E-state index < -0.39 is 5.97 Å². The Kier molecular flexibility index (Phi) is 24.3. The van der Waals surface area contributed by atoms with Crippen LogP contribution in [0.1, 0.15) is 0 Å². The molecule has 0 aromatic carbocycles. The molecule has 0 saturated carbocycles. The number of hydrogen-bond donors (Lipinski definition) is 1. The van der Waals surface area contributed by atoms with Crippen molar-refractivity contribution >= 4 is 15.9 Å². The van der Waals surface area contributed by atoms with Gasteiger partial charge in [-0.3, -0.25) is 11.7 Å². The Morgan fingerprint density at radius 1 is 1.67 bits per heavy atom. The van der Waals surface area contributed by atoms with Gasteiger partial charge in [0.2, 0.25) is 0 Å². The standard InChI is InChI=1S/C2H3O2.H3P.Ru/c1-2(3)4;;/h1H2,(H,3,4);1H3;/q-1;;+1. The number of carboxylic acids is 1. The predicted octanol–water partition coefficient (Wildman–Crippen LogP) is -0.0393. The van der Waals surface area contributed by atoms with Crippen LogP contribution in [-0.2, 0) is 24.3 Å². The van der Waals surface area contributed by atoms with Gasteiger partial charge >= 0.3 is 19.5 Å². The van der Waals surface area contributed by atoms with Crippen LogP contribution in [0.3, 0.4) is 0 Å². The van der Waals surface area contributed by atoms with E-state index in [0.29, 0.717) is 0 Å². The Hall–Kier alpha value is 0.393. The van der Waals surface area contributed by atoms with Crippen molar-refractivity contribution in [2.45, 2.75) is 0 Å². The SMILES string of the molecule is P.[CH2-]C(=O)O.[Ru+]. The fourth-order valence-electron chi connectivity index (χ4n) is 0. The van der Waals surface area contributed by atoms with E-state index >= 15 is 0 Å². The maximum atomic E-state index is 8.89. The molecule has 0 aliphatic heterocycles. The summed E-state index contributed by atoms with van der Waals surface area (Å²) in [6.07, 6.45) is 0. The van der Waals surface area contributed by atoms with E-state index in [4.69, 9.17) is 9.90 Å². The Balaban J connectivity index is -0.0000000450. The summed E-state index contributed by atoms with van der Waals surface area (Å²) in [5, 5.41) is 7.31. The van der Waals surface area contributed by atoms with E-state index in [1.54, 1.807) is 0 Å². The number of rotatable bonds is 0. The molecule has 6 heavy (non-hydrogen) atoms. The number of carbonyl (C=O) groups is 1. The summed E-state index contributed by atoms with van der Waals surface area (Å²) in [7, 11) is 0. The molecule has 0 aromatic heterocycles. The van der Waals surface area contributed by atoms with Crippen LogP contribution >= 0.6 is 9.90 Å². The van der Waals surface area contributed by atoms with E-state index in [-0.39, 0.29) is 29.4 Å². The van der Waals surface area contributed by atoms with E-state index in [2.05, 4.69) is 6.92 Å². The third-order valence-electron chi connectivity index (χ3n) is 0. The van der Waals surface area contributed by atoms with E-state index in [1.807, 2.05) is 0 Å². The zero-order chi connectivity index (χ0) is 3.58. The first-order chi connectivity index (χ1) is 1.73. The van der Waals surface area contributed by atoms with Gasteiger partial charge in [0.25, 0.3) is 0 Å². The maximum Gasteiger partial charge on any atom is 1.00 e. The third-order valence-corrected chi connectivity index (χ3v) is 0. The van der Waals surface area contributed by atoms with Gasteiger partial charge in [0.1, 0.15) is 0 Å². The molecule has 0 aromatic rings. The molecular weight excluding hydrogens is 188 g/mol. The van der Waals surface area contributed by atoms with Crippen molar-refractivity contribution in [3.63, 3.8) is 0 Å². The summed E-state index contributed by atoms with van der Waals surface area (Å²) >= 11 is 0. The first-order valence-electron chi connectivity index (χ1n) is 0.781. The molecule has 0 aliphatic carbocycles. The summed E-state index contributed by atoms with van der Waals surface area (Å²) in [6, 6.07) is 0. The second kappa shape index (κ2) is 9.04. The van der Waals surface area contributed by atoms with Crippen molar-refractivity contribution < 1.29 is 29.4 Å². The predicted molar refractivity (Wildman–Crippen MR) is 24.1 cm³/mol. The van der Waals surface area contributed by atoms with Crippen LogP contribution in [0.2, 0.25) is 0 Å². The molecule has 1 atom stereocenters. The molecule has 1 radical (unpaired) electrons. The zero-order valence-corrected chi connectivity index (χ0v) is 6.28. The number of carboxylic acid groups (broad SMARTS) is 1. The van der Waals surface area contributed by atoms with Gasteiger partial charge in [-0.1, -0.05) is 0 Å². The number of aliphatic carboxylic acids is 1. The maximum absolute atomic E-state index is 8.89. The van der Waals surface area contributed by atoms with E-state index in [1.165, 1.54) is 0 Å². The van der Waals surface area contributed by atoms with Crippen LogP contribution in [0.4, 0.5) is 0 Å². The van der Waals surface area contributed by atoms with Crippen LogP contribution in [-0.4, -0.2) is 11.1 Å². The molecule has 39 valence electrons. The van der Waals surface area contributed by atoms with Gasteiger partial charge in [0.05, 0.1) is 0 Å². The topological polar surface area (TPSA) is 37.3 Å². The average molecular weight is 194 g/mol. The van der Waals surface area contributed by atoms with Crippen molar-refractivity contribution in [2.75, 3.05) is 0 Å². The Morgan fingerprint density at radius 3 is 1.67 bits per heavy atom. The van der Waals surface area contributed by atoms with Gasteiger partial charge in [-0.2, -0.15) is 9.90 Å². The third kappa shape index (κ3) is 327. The molecule has 0 saturated heterocycles. The summed E-state index contributed by atoms with van der Waals surface area (Å²) in [5.41, 5.74) is 0. The molecule has 0 amide bonds. The molecule has 0 aliphatic rings. The van der Waals surface area contributed by atoms with Crippen molar-refractivity contribution in [3.8, 4) is 0 Å². The van der Waals surface area contributed by atoms with Gasteiger partial charge in [0, 0.05) is 0 Å². The fourth-order valence-corrected chi connectivity index (χ4v) is 0. The van der Waals surface area contributed by atoms with Crippen molar-refractivity contribution in [1.29, 1.82) is 0 Å². The molecule has 0 heterocycles. The minimum absolute atomic E-state index is 0. The Labute approximate surface area is 52.7 Å². The summed E-state index contributed by atoms with van der Waals surface area (Å²) in [4.78, 5) is 8.89. The van der Waals surface area contributed by atoms with Crippen molar-refractivity contribution in [3.05, 3.63) is 6.92 Å². The van der Waals surface area contributed by atoms with Crippen molar-refractivity contribution in [2.24, 2.45) is 0 Å². The molecule has 1 unspecified atom stereocenters. The van der Waals surface area contributed by atoms with Crippen LogP contribution in [0.25, 0.3) is 0 Å². The normalized spacial score (nSPS) is 4.00. The van der Waals surface area contributed by atoms with Gasteiger partial charge in [-0.25, -0.2) is 0 Å². The largest absolute Gasteiger partial charge is 1.00 e. The minimum Gasteiger partial charge on any atom is -0.503 e. The van der Waals surface area contributed by atoms with Crippen LogP contribution in [0.15, 0.2) is 0 Å². The minimum atomic E-state index is -1.08. The fraction of sp³-hybridized carbons (Fsp3) is 0. The van der Waals surface area contributed by atoms with Crippen molar-refractivity contribution in [1.82, 2.24) is 0 Å². The quantitative estimate of drug-likeness (QED) is 0.334. The molecule has 0 bridgehead atoms. The molecule has 4 heteroatoms. The second-order valence-electron chi connectivity index (χ2n) is 0.394. The van der Waals surface area contributed by atoms with Gasteiger partial charge in [0.15, 0.2) is 5.97 Å². The first-order valence-corrected chi connectivity index (χ1v) is 0.781. The summed E-state index contributed by atoms with van der Waals surface area (Å²) < 4.78 is 0. The molecule has 0 fully saturated rings. The van der Waals surface area contributed by atoms with Crippen LogP contribution in [0.5, 0.6) is 0 Å². The van der Waals surface area contributed by atoms with Gasteiger partial charge in [-0.15, -0.1) is 0 Å². The number of hydrogen-bond acceptors (Lipinski definition) is 1. The van der Waals surface area contributed by atoms with E-state index in [9.17, 15) is 0 Å². The molecule has 0 spiro atoms. The zero-order valence-electron chi connectivity index (χ0n) is 3.12. The second-order valence-corrected chi connectivity index (χ2v) is 0.394. The van der Waals surface area contributed by atoms with Crippen LogP contribution < -0.4 is 0 Å². The summed E-state index contributed by atoms with van der Waals surface area (Å²) in [6.45, 7) is 2.56. The average Bonchev–Trinajstić information content (AvgIpc) is 0.811. The van der Waals surface area contributed by atoms with Gasteiger partial charge < -0.3 is 5.11 Å². The Bertz CT molecular complexity index is 34.5. The van der Waals surface area contributed by atoms with E-state index in [0.717, 1.165) is 0 Å². The van der Waals surface area contributed by atoms with Crippen LogP contribution in [0, 0.1) is 6.92 Å². The molecule has 2 nitrogen and oxygen atoms in total. The molecular formula is C2H6O2PRu. The summed E-state index contributed by atoms with van der Waals surface area (Å²) in [5.74, 6) is -1.08. The Morgan fingerprint density at radius 2 is 1.67 bits per heavy atom.